The summed E-state index contributed by atoms with van der Waals surface area (Å²) >= 11 is 3.91. The van der Waals surface area contributed by atoms with Crippen LogP contribution in [-0.4, -0.2) is 37.2 Å². The van der Waals surface area contributed by atoms with E-state index in [0.717, 1.165) is 5.69 Å². The van der Waals surface area contributed by atoms with E-state index in [1.54, 1.807) is 7.11 Å². The Morgan fingerprint density at radius 1 is 1.50 bits per heavy atom. The topological polar surface area (TPSA) is 64.3 Å². The van der Waals surface area contributed by atoms with Crippen LogP contribution in [0.1, 0.15) is 16.6 Å². The normalized spacial score (nSPS) is 17.1. The van der Waals surface area contributed by atoms with E-state index in [0.29, 0.717) is 11.1 Å². The molecule has 1 aliphatic rings. The standard InChI is InChI=1S/C14H20N2O2S2/c1-18-12(9-15)8-13(17)16-11-4-2-3-10(7-11)14-19-5-6-20-14/h2-4,7,12,14H,5-6,8-9,15H2,1H3,(H,16,17). The van der Waals surface area contributed by atoms with Crippen LogP contribution in [-0.2, 0) is 9.53 Å². The van der Waals surface area contributed by atoms with Gasteiger partial charge in [-0.25, -0.2) is 0 Å². The first kappa shape index (κ1) is 15.7. The molecule has 0 saturated carbocycles. The minimum atomic E-state index is -0.223. The Morgan fingerprint density at radius 2 is 2.25 bits per heavy atom. The molecule has 20 heavy (non-hydrogen) atoms. The Hall–Kier alpha value is -0.690. The van der Waals surface area contributed by atoms with Gasteiger partial charge in [-0.1, -0.05) is 12.1 Å². The molecule has 6 heteroatoms. The lowest BCUT2D eigenvalue weighted by atomic mass is 10.2. The molecule has 3 N–H and O–H groups in total. The molecule has 0 bridgehead atoms. The highest BCUT2D eigenvalue weighted by molar-refractivity contribution is 8.19. The Morgan fingerprint density at radius 3 is 2.90 bits per heavy atom. The summed E-state index contributed by atoms with van der Waals surface area (Å²) in [4.78, 5) is 11.9. The van der Waals surface area contributed by atoms with Crippen molar-refractivity contribution in [3.8, 4) is 0 Å². The van der Waals surface area contributed by atoms with Crippen LogP contribution in [0.25, 0.3) is 0 Å². The molecule has 1 unspecified atom stereocenters. The molecule has 1 aromatic rings. The van der Waals surface area contributed by atoms with Gasteiger partial charge in [-0.15, -0.1) is 23.5 Å². The number of nitrogens with one attached hydrogen (secondary N) is 1. The number of methoxy groups -OCH3 is 1. The monoisotopic (exact) mass is 312 g/mol. The second-order valence-electron chi connectivity index (χ2n) is 4.54. The Kier molecular flexibility index (Phi) is 6.22. The van der Waals surface area contributed by atoms with Gasteiger partial charge in [-0.3, -0.25) is 4.79 Å². The van der Waals surface area contributed by atoms with E-state index in [4.69, 9.17) is 10.5 Å². The predicted octanol–water partition coefficient (Wildman–Crippen LogP) is 2.47. The molecule has 0 aliphatic carbocycles. The zero-order valence-electron chi connectivity index (χ0n) is 11.5. The van der Waals surface area contributed by atoms with Gasteiger partial charge in [0.1, 0.15) is 0 Å². The van der Waals surface area contributed by atoms with Gasteiger partial charge in [-0.05, 0) is 17.7 Å². The zero-order valence-corrected chi connectivity index (χ0v) is 13.1. The van der Waals surface area contributed by atoms with Gasteiger partial charge < -0.3 is 15.8 Å². The second-order valence-corrected chi connectivity index (χ2v) is 7.27. The third-order valence-corrected chi connectivity index (χ3v) is 6.18. The second kappa shape index (κ2) is 7.93. The van der Waals surface area contributed by atoms with Crippen LogP contribution >= 0.6 is 23.5 Å². The lowest BCUT2D eigenvalue weighted by Gasteiger charge is -2.14. The van der Waals surface area contributed by atoms with Crippen molar-refractivity contribution in [3.63, 3.8) is 0 Å². The molecule has 1 atom stereocenters. The minimum Gasteiger partial charge on any atom is -0.380 e. The van der Waals surface area contributed by atoms with Crippen LogP contribution in [0.15, 0.2) is 24.3 Å². The summed E-state index contributed by atoms with van der Waals surface area (Å²) in [5.41, 5.74) is 7.62. The number of carbonyl (C=O) groups excluding carboxylic acids is 1. The Labute approximate surface area is 128 Å². The average molecular weight is 312 g/mol. The number of hydrogen-bond donors (Lipinski definition) is 2. The van der Waals surface area contributed by atoms with Crippen LogP contribution in [0.3, 0.4) is 0 Å². The van der Waals surface area contributed by atoms with Crippen molar-refractivity contribution in [1.82, 2.24) is 0 Å². The molecule has 1 amide bonds. The first-order valence-corrected chi connectivity index (χ1v) is 8.68. The Balaban J connectivity index is 1.95. The van der Waals surface area contributed by atoms with Crippen molar-refractivity contribution in [2.24, 2.45) is 5.73 Å². The number of nitrogens with two attached hydrogens (primary N) is 1. The number of anilines is 1. The SMILES string of the molecule is COC(CN)CC(=O)Nc1cccc(C2SCCS2)c1. The first-order chi connectivity index (χ1) is 9.72. The molecule has 1 saturated heterocycles. The fourth-order valence-electron chi connectivity index (χ4n) is 2.00. The molecule has 0 radical (unpaired) electrons. The maximum atomic E-state index is 11.9. The highest BCUT2D eigenvalue weighted by Crippen LogP contribution is 2.45. The number of thioether (sulfide) groups is 2. The summed E-state index contributed by atoms with van der Waals surface area (Å²) in [7, 11) is 1.57. The van der Waals surface area contributed by atoms with Gasteiger partial charge in [0, 0.05) is 30.8 Å². The molecule has 1 heterocycles. The Bertz CT molecular complexity index is 447. The number of benzene rings is 1. The summed E-state index contributed by atoms with van der Waals surface area (Å²) < 4.78 is 5.61. The molecule has 2 rings (SSSR count). The summed E-state index contributed by atoms with van der Waals surface area (Å²) in [6.45, 7) is 0.347. The van der Waals surface area contributed by atoms with E-state index < -0.39 is 0 Å². The van der Waals surface area contributed by atoms with E-state index in [-0.39, 0.29) is 18.4 Å². The fourth-order valence-corrected chi connectivity index (χ4v) is 4.83. The number of carbonyl (C=O) groups is 1. The largest absolute Gasteiger partial charge is 0.380 e. The van der Waals surface area contributed by atoms with E-state index >= 15 is 0 Å². The average Bonchev–Trinajstić information content (AvgIpc) is 2.99. The molecule has 1 fully saturated rings. The smallest absolute Gasteiger partial charge is 0.227 e. The molecule has 0 aromatic heterocycles. The third-order valence-electron chi connectivity index (χ3n) is 3.07. The van der Waals surface area contributed by atoms with Crippen molar-refractivity contribution in [2.75, 3.05) is 30.5 Å². The lowest BCUT2D eigenvalue weighted by molar-refractivity contribution is -0.118. The molecule has 1 aromatic carbocycles. The lowest BCUT2D eigenvalue weighted by Crippen LogP contribution is -2.28. The number of rotatable bonds is 6. The highest BCUT2D eigenvalue weighted by atomic mass is 32.2. The summed E-state index contributed by atoms with van der Waals surface area (Å²) in [6.07, 6.45) is 0.0589. The fraction of sp³-hybridized carbons (Fsp3) is 0.500. The van der Waals surface area contributed by atoms with Gasteiger partial charge in [-0.2, -0.15) is 0 Å². The maximum Gasteiger partial charge on any atom is 0.227 e. The van der Waals surface area contributed by atoms with Gasteiger partial charge in [0.05, 0.1) is 17.1 Å². The van der Waals surface area contributed by atoms with E-state index in [9.17, 15) is 4.79 Å². The van der Waals surface area contributed by atoms with Gasteiger partial charge in [0.25, 0.3) is 0 Å². The van der Waals surface area contributed by atoms with Gasteiger partial charge in [0.2, 0.25) is 5.91 Å². The van der Waals surface area contributed by atoms with Crippen LogP contribution in [0.2, 0.25) is 0 Å². The summed E-state index contributed by atoms with van der Waals surface area (Å²) in [6, 6.07) is 8.07. The molecule has 1 aliphatic heterocycles. The maximum absolute atomic E-state index is 11.9. The molecule has 4 nitrogen and oxygen atoms in total. The van der Waals surface area contributed by atoms with Gasteiger partial charge >= 0.3 is 0 Å². The quantitative estimate of drug-likeness (QED) is 0.845. The highest BCUT2D eigenvalue weighted by Gasteiger charge is 2.18. The first-order valence-electron chi connectivity index (χ1n) is 6.59. The molecular formula is C14H20N2O2S2. The van der Waals surface area contributed by atoms with Crippen molar-refractivity contribution < 1.29 is 9.53 Å². The van der Waals surface area contributed by atoms with E-state index in [1.165, 1.54) is 17.1 Å². The summed E-state index contributed by atoms with van der Waals surface area (Å²) in [5, 5.41) is 2.91. The third kappa shape index (κ3) is 4.41. The molecular weight excluding hydrogens is 292 g/mol. The minimum absolute atomic E-state index is 0.0637. The van der Waals surface area contributed by atoms with Gasteiger partial charge in [0.15, 0.2) is 0 Å². The van der Waals surface area contributed by atoms with Crippen molar-refractivity contribution in [2.45, 2.75) is 17.1 Å². The van der Waals surface area contributed by atoms with E-state index in [2.05, 4.69) is 17.4 Å². The zero-order chi connectivity index (χ0) is 14.4. The van der Waals surface area contributed by atoms with Crippen LogP contribution in [0, 0.1) is 0 Å². The number of amides is 1. The van der Waals surface area contributed by atoms with Crippen molar-refractivity contribution in [3.05, 3.63) is 29.8 Å². The predicted molar refractivity (Wildman–Crippen MR) is 87.2 cm³/mol. The summed E-state index contributed by atoms with van der Waals surface area (Å²) in [5.74, 6) is 2.32. The van der Waals surface area contributed by atoms with Crippen molar-refractivity contribution >= 4 is 35.1 Å². The molecule has 0 spiro atoms. The van der Waals surface area contributed by atoms with Crippen LogP contribution in [0.5, 0.6) is 0 Å². The van der Waals surface area contributed by atoms with Crippen molar-refractivity contribution in [1.29, 1.82) is 0 Å². The number of ether oxygens (including phenoxy) is 1. The van der Waals surface area contributed by atoms with Crippen LogP contribution in [0.4, 0.5) is 5.69 Å². The number of hydrogen-bond acceptors (Lipinski definition) is 5. The van der Waals surface area contributed by atoms with Crippen LogP contribution < -0.4 is 11.1 Å². The molecule has 110 valence electrons. The van der Waals surface area contributed by atoms with E-state index in [1.807, 2.05) is 35.7 Å².